The molecule has 0 bridgehead atoms. The number of rotatable bonds is 7. The van der Waals surface area contributed by atoms with Crippen LogP contribution >= 0.6 is 0 Å². The molecule has 2 aromatic rings. The minimum Gasteiger partial charge on any atom is -0.493 e. The molecule has 2 atom stereocenters. The highest BCUT2D eigenvalue weighted by atomic mass is 32.2. The minimum atomic E-state index is -3.32. The van der Waals surface area contributed by atoms with Crippen molar-refractivity contribution in [2.24, 2.45) is 5.92 Å². The first-order valence-corrected chi connectivity index (χ1v) is 10.2. The van der Waals surface area contributed by atoms with E-state index in [1.54, 1.807) is 34.5 Å². The van der Waals surface area contributed by atoms with E-state index in [4.69, 9.17) is 14.2 Å². The summed E-state index contributed by atoms with van der Waals surface area (Å²) in [5.41, 5.74) is 0.860. The van der Waals surface area contributed by atoms with Crippen molar-refractivity contribution in [1.29, 1.82) is 0 Å². The topological polar surface area (TPSA) is 82.9 Å². The van der Waals surface area contributed by atoms with Gasteiger partial charge in [0.05, 0.1) is 39.2 Å². The van der Waals surface area contributed by atoms with Gasteiger partial charge >= 0.3 is 0 Å². The molecule has 1 aromatic carbocycles. The Bertz CT molecular complexity index is 894. The number of ether oxygens (including phenoxy) is 3. The number of hydrogen-bond acceptors (Lipinski definition) is 6. The van der Waals surface area contributed by atoms with Crippen molar-refractivity contribution >= 4 is 10.0 Å². The largest absolute Gasteiger partial charge is 0.493 e. The molecule has 0 radical (unpaired) electrons. The number of methoxy groups -OCH3 is 2. The summed E-state index contributed by atoms with van der Waals surface area (Å²) in [4.78, 5) is 4.48. The standard InChI is InChI=1S/C18H25N3O5S/c1-20(2)27(22,23)12-14-10-26-11-15(14)21-8-7-19-18(21)13-5-6-16(24-3)17(9-13)25-4/h5-9,14-15H,10-12H2,1-4H3/t14-,15+/m0/s1. The molecule has 9 heteroatoms. The van der Waals surface area contributed by atoms with Crippen molar-refractivity contribution in [2.75, 3.05) is 47.3 Å². The number of benzene rings is 1. The van der Waals surface area contributed by atoms with E-state index in [0.29, 0.717) is 24.7 Å². The third-order valence-electron chi connectivity index (χ3n) is 4.81. The second kappa shape index (κ2) is 7.87. The molecule has 1 aliphatic rings. The molecule has 27 heavy (non-hydrogen) atoms. The lowest BCUT2D eigenvalue weighted by Gasteiger charge is -2.22. The second-order valence-corrected chi connectivity index (χ2v) is 8.88. The van der Waals surface area contributed by atoms with Crippen LogP contribution in [-0.2, 0) is 14.8 Å². The molecule has 1 saturated heterocycles. The summed E-state index contributed by atoms with van der Waals surface area (Å²) in [6.45, 7) is 0.853. The molecular formula is C18H25N3O5S. The summed E-state index contributed by atoms with van der Waals surface area (Å²) in [5, 5.41) is 0. The van der Waals surface area contributed by atoms with Gasteiger partial charge in [0.1, 0.15) is 5.82 Å². The molecule has 0 amide bonds. The smallest absolute Gasteiger partial charge is 0.214 e. The van der Waals surface area contributed by atoms with Crippen molar-refractivity contribution in [3.05, 3.63) is 30.6 Å². The quantitative estimate of drug-likeness (QED) is 0.709. The van der Waals surface area contributed by atoms with Crippen LogP contribution in [0.15, 0.2) is 30.6 Å². The number of hydrogen-bond donors (Lipinski definition) is 0. The van der Waals surface area contributed by atoms with Crippen molar-refractivity contribution in [3.63, 3.8) is 0 Å². The van der Waals surface area contributed by atoms with E-state index in [0.717, 1.165) is 11.4 Å². The molecule has 0 saturated carbocycles. The highest BCUT2D eigenvalue weighted by molar-refractivity contribution is 7.89. The lowest BCUT2D eigenvalue weighted by atomic mass is 10.1. The first-order valence-electron chi connectivity index (χ1n) is 8.60. The molecular weight excluding hydrogens is 370 g/mol. The Kier molecular flexibility index (Phi) is 5.73. The molecule has 1 aromatic heterocycles. The van der Waals surface area contributed by atoms with E-state index in [9.17, 15) is 8.42 Å². The summed E-state index contributed by atoms with van der Waals surface area (Å²) in [5.74, 6) is 1.87. The average molecular weight is 395 g/mol. The Labute approximate surface area is 159 Å². The molecule has 0 N–H and O–H groups in total. The summed E-state index contributed by atoms with van der Waals surface area (Å²) in [6, 6.07) is 5.48. The lowest BCUT2D eigenvalue weighted by molar-refractivity contribution is 0.182. The monoisotopic (exact) mass is 395 g/mol. The summed E-state index contributed by atoms with van der Waals surface area (Å²) >= 11 is 0. The SMILES string of the molecule is COc1ccc(-c2nccn2[C@@H]2COC[C@H]2CS(=O)(=O)N(C)C)cc1OC. The average Bonchev–Trinajstić information content (AvgIpc) is 3.29. The Morgan fingerprint density at radius 2 is 1.96 bits per heavy atom. The van der Waals surface area contributed by atoms with Gasteiger partial charge in [-0.25, -0.2) is 17.7 Å². The van der Waals surface area contributed by atoms with Crippen LogP contribution in [0.2, 0.25) is 0 Å². The highest BCUT2D eigenvalue weighted by Crippen LogP contribution is 2.35. The maximum atomic E-state index is 12.3. The first kappa shape index (κ1) is 19.7. The summed E-state index contributed by atoms with van der Waals surface area (Å²) in [7, 11) is 2.95. The van der Waals surface area contributed by atoms with Gasteiger partial charge in [-0.3, -0.25) is 0 Å². The normalized spacial score (nSPS) is 20.2. The Hall–Kier alpha value is -2.10. The van der Waals surface area contributed by atoms with Crippen LogP contribution in [0.25, 0.3) is 11.4 Å². The molecule has 2 heterocycles. The first-order chi connectivity index (χ1) is 12.9. The van der Waals surface area contributed by atoms with E-state index < -0.39 is 10.0 Å². The fourth-order valence-electron chi connectivity index (χ4n) is 3.25. The van der Waals surface area contributed by atoms with Crippen molar-refractivity contribution < 1.29 is 22.6 Å². The number of aromatic nitrogens is 2. The Balaban J connectivity index is 1.92. The number of sulfonamides is 1. The van der Waals surface area contributed by atoms with E-state index in [1.807, 2.05) is 29.0 Å². The predicted octanol–water partition coefficient (Wildman–Crippen LogP) is 1.65. The van der Waals surface area contributed by atoms with E-state index in [-0.39, 0.29) is 17.7 Å². The summed E-state index contributed by atoms with van der Waals surface area (Å²) in [6.07, 6.45) is 3.57. The molecule has 0 aliphatic carbocycles. The maximum Gasteiger partial charge on any atom is 0.214 e. The van der Waals surface area contributed by atoms with Gasteiger partial charge < -0.3 is 18.8 Å². The van der Waals surface area contributed by atoms with Crippen LogP contribution < -0.4 is 9.47 Å². The lowest BCUT2D eigenvalue weighted by Crippen LogP contribution is -2.32. The fraction of sp³-hybridized carbons (Fsp3) is 0.500. The van der Waals surface area contributed by atoms with Crippen LogP contribution in [-0.4, -0.2) is 69.6 Å². The van der Waals surface area contributed by atoms with Crippen molar-refractivity contribution in [1.82, 2.24) is 13.9 Å². The second-order valence-electron chi connectivity index (χ2n) is 6.65. The zero-order chi connectivity index (χ0) is 19.6. The Morgan fingerprint density at radius 3 is 2.63 bits per heavy atom. The van der Waals surface area contributed by atoms with Gasteiger partial charge in [-0.15, -0.1) is 0 Å². The number of nitrogens with zero attached hydrogens (tertiary/aromatic N) is 3. The van der Waals surface area contributed by atoms with E-state index >= 15 is 0 Å². The highest BCUT2D eigenvalue weighted by Gasteiger charge is 2.35. The van der Waals surface area contributed by atoms with Gasteiger partial charge in [0, 0.05) is 38.0 Å². The van der Waals surface area contributed by atoms with Gasteiger partial charge in [0.2, 0.25) is 10.0 Å². The van der Waals surface area contributed by atoms with Crippen LogP contribution in [0.5, 0.6) is 11.5 Å². The van der Waals surface area contributed by atoms with Crippen molar-refractivity contribution in [2.45, 2.75) is 6.04 Å². The molecule has 1 fully saturated rings. The fourth-order valence-corrected chi connectivity index (χ4v) is 4.41. The zero-order valence-electron chi connectivity index (χ0n) is 16.0. The van der Waals surface area contributed by atoms with Crippen LogP contribution in [0.1, 0.15) is 6.04 Å². The van der Waals surface area contributed by atoms with Crippen LogP contribution in [0.4, 0.5) is 0 Å². The van der Waals surface area contributed by atoms with E-state index in [2.05, 4.69) is 4.98 Å². The van der Waals surface area contributed by atoms with E-state index in [1.165, 1.54) is 4.31 Å². The minimum absolute atomic E-state index is 0.0359. The molecule has 148 valence electrons. The third kappa shape index (κ3) is 3.95. The van der Waals surface area contributed by atoms with Crippen LogP contribution in [0, 0.1) is 5.92 Å². The van der Waals surface area contributed by atoms with Gasteiger partial charge in [-0.2, -0.15) is 0 Å². The predicted molar refractivity (Wildman–Crippen MR) is 102 cm³/mol. The maximum absolute atomic E-state index is 12.3. The van der Waals surface area contributed by atoms with Gasteiger partial charge in [0.15, 0.2) is 11.5 Å². The molecule has 3 rings (SSSR count). The van der Waals surface area contributed by atoms with Gasteiger partial charge in [-0.05, 0) is 18.2 Å². The molecule has 1 aliphatic heterocycles. The third-order valence-corrected chi connectivity index (χ3v) is 6.78. The molecule has 0 spiro atoms. The Morgan fingerprint density at radius 1 is 1.22 bits per heavy atom. The van der Waals surface area contributed by atoms with Crippen LogP contribution in [0.3, 0.4) is 0 Å². The zero-order valence-corrected chi connectivity index (χ0v) is 16.8. The van der Waals surface area contributed by atoms with Gasteiger partial charge in [-0.1, -0.05) is 0 Å². The molecule has 0 unspecified atom stereocenters. The van der Waals surface area contributed by atoms with Gasteiger partial charge in [0.25, 0.3) is 0 Å². The molecule has 8 nitrogen and oxygen atoms in total. The number of imidazole rings is 1. The van der Waals surface area contributed by atoms with Crippen molar-refractivity contribution in [3.8, 4) is 22.9 Å². The summed E-state index contributed by atoms with van der Waals surface area (Å²) < 4.78 is 44.2.